The van der Waals surface area contributed by atoms with Gasteiger partial charge in [0, 0.05) is 35.8 Å². The number of hydrogen-bond acceptors (Lipinski definition) is 6. The van der Waals surface area contributed by atoms with Crippen LogP contribution in [0.25, 0.3) is 16.9 Å². The molecule has 0 aliphatic rings. The van der Waals surface area contributed by atoms with Crippen molar-refractivity contribution in [3.05, 3.63) is 119 Å². The standard InChI is InChI=1S/C28H21ClFN7O2/c1-17(18-14-31-16-32-15-18)34-28(39)25-13-26(37(36-25)19-7-3-2-4-8-19)35-27(38)20-11-21(23(30)12-22(20)29)24-9-5-6-10-33-24/h2-17H,1H3,(H,34,39)(H,35,38). The summed E-state index contributed by atoms with van der Waals surface area (Å²) in [5.41, 5.74) is 1.90. The van der Waals surface area contributed by atoms with E-state index >= 15 is 0 Å². The summed E-state index contributed by atoms with van der Waals surface area (Å²) in [6.45, 7) is 1.79. The number of pyridine rings is 1. The van der Waals surface area contributed by atoms with Crippen molar-refractivity contribution in [3.8, 4) is 16.9 Å². The van der Waals surface area contributed by atoms with Crippen LogP contribution in [0.4, 0.5) is 10.2 Å². The Morgan fingerprint density at radius 2 is 1.72 bits per heavy atom. The van der Waals surface area contributed by atoms with Gasteiger partial charge in [-0.2, -0.15) is 5.10 Å². The number of anilines is 1. The van der Waals surface area contributed by atoms with E-state index in [4.69, 9.17) is 11.6 Å². The lowest BCUT2D eigenvalue weighted by Gasteiger charge is -2.12. The van der Waals surface area contributed by atoms with Gasteiger partial charge < -0.3 is 10.6 Å². The molecule has 0 aliphatic heterocycles. The van der Waals surface area contributed by atoms with Crippen LogP contribution in [0.5, 0.6) is 0 Å². The van der Waals surface area contributed by atoms with Crippen molar-refractivity contribution >= 4 is 29.2 Å². The molecule has 0 saturated heterocycles. The Bertz CT molecular complexity index is 1630. The lowest BCUT2D eigenvalue weighted by atomic mass is 10.1. The summed E-state index contributed by atoms with van der Waals surface area (Å²) >= 11 is 6.26. The Hall–Kier alpha value is -4.96. The molecule has 0 aliphatic carbocycles. The fourth-order valence-electron chi connectivity index (χ4n) is 3.86. The van der Waals surface area contributed by atoms with Gasteiger partial charge in [0.15, 0.2) is 5.69 Å². The average Bonchev–Trinajstić information content (AvgIpc) is 3.38. The number of carbonyl (C=O) groups excluding carboxylic acids is 2. The number of benzene rings is 2. The zero-order valence-corrected chi connectivity index (χ0v) is 21.3. The maximum Gasteiger partial charge on any atom is 0.272 e. The van der Waals surface area contributed by atoms with Crippen LogP contribution in [0, 0.1) is 5.82 Å². The van der Waals surface area contributed by atoms with Gasteiger partial charge in [0.05, 0.1) is 28.0 Å². The second-order valence-electron chi connectivity index (χ2n) is 8.51. The maximum absolute atomic E-state index is 14.7. The molecule has 0 bridgehead atoms. The first-order valence-corrected chi connectivity index (χ1v) is 12.2. The zero-order valence-electron chi connectivity index (χ0n) is 20.5. The van der Waals surface area contributed by atoms with Gasteiger partial charge in [-0.3, -0.25) is 14.6 Å². The summed E-state index contributed by atoms with van der Waals surface area (Å²) in [5.74, 6) is -1.47. The molecule has 2 aromatic carbocycles. The maximum atomic E-state index is 14.7. The summed E-state index contributed by atoms with van der Waals surface area (Å²) < 4.78 is 16.1. The molecule has 1 unspecified atom stereocenters. The molecule has 0 spiro atoms. The highest BCUT2D eigenvalue weighted by Crippen LogP contribution is 2.28. The summed E-state index contributed by atoms with van der Waals surface area (Å²) in [6, 6.07) is 17.5. The molecule has 9 nitrogen and oxygen atoms in total. The highest BCUT2D eigenvalue weighted by molar-refractivity contribution is 6.34. The van der Waals surface area contributed by atoms with Crippen molar-refractivity contribution in [2.75, 3.05) is 5.32 Å². The number of aromatic nitrogens is 5. The third-order valence-corrected chi connectivity index (χ3v) is 6.17. The number of nitrogens with one attached hydrogen (secondary N) is 2. The zero-order chi connectivity index (χ0) is 27.4. The monoisotopic (exact) mass is 541 g/mol. The van der Waals surface area contributed by atoms with Crippen LogP contribution >= 0.6 is 11.6 Å². The average molecular weight is 542 g/mol. The number of para-hydroxylation sites is 1. The molecule has 2 N–H and O–H groups in total. The fourth-order valence-corrected chi connectivity index (χ4v) is 4.10. The number of hydrogen-bond donors (Lipinski definition) is 2. The van der Waals surface area contributed by atoms with E-state index in [2.05, 4.69) is 30.7 Å². The smallest absolute Gasteiger partial charge is 0.272 e. The SMILES string of the molecule is CC(NC(=O)c1cc(NC(=O)c2cc(-c3ccccn3)c(F)cc2Cl)n(-c2ccccc2)n1)c1cncnc1. The van der Waals surface area contributed by atoms with Crippen molar-refractivity contribution in [1.82, 2.24) is 30.0 Å². The summed E-state index contributed by atoms with van der Waals surface area (Å²) in [4.78, 5) is 38.5. The van der Waals surface area contributed by atoms with Crippen LogP contribution in [0.3, 0.4) is 0 Å². The summed E-state index contributed by atoms with van der Waals surface area (Å²) in [5, 5.41) is 9.97. The molecule has 5 aromatic rings. The van der Waals surface area contributed by atoms with E-state index in [-0.39, 0.29) is 33.7 Å². The van der Waals surface area contributed by atoms with Gasteiger partial charge in [0.25, 0.3) is 11.8 Å². The molecule has 0 fully saturated rings. The van der Waals surface area contributed by atoms with E-state index < -0.39 is 17.6 Å². The number of halogens is 2. The van der Waals surface area contributed by atoms with Crippen molar-refractivity contribution < 1.29 is 14.0 Å². The predicted octanol–water partition coefficient (Wildman–Crippen LogP) is 5.26. The molecule has 2 amide bonds. The van der Waals surface area contributed by atoms with Crippen molar-refractivity contribution in [1.29, 1.82) is 0 Å². The van der Waals surface area contributed by atoms with Crippen LogP contribution in [-0.4, -0.2) is 36.5 Å². The molecule has 5 rings (SSSR count). The number of amides is 2. The van der Waals surface area contributed by atoms with Crippen molar-refractivity contribution in [3.63, 3.8) is 0 Å². The van der Waals surface area contributed by atoms with E-state index in [0.29, 0.717) is 11.4 Å². The van der Waals surface area contributed by atoms with Crippen molar-refractivity contribution in [2.24, 2.45) is 0 Å². The summed E-state index contributed by atoms with van der Waals surface area (Å²) in [6.07, 6.45) is 6.15. The van der Waals surface area contributed by atoms with E-state index in [1.54, 1.807) is 61.8 Å². The topological polar surface area (TPSA) is 115 Å². The number of carbonyl (C=O) groups is 2. The normalized spacial score (nSPS) is 11.6. The Labute approximate surface area is 227 Å². The molecule has 0 saturated carbocycles. The Morgan fingerprint density at radius 3 is 2.44 bits per heavy atom. The first-order chi connectivity index (χ1) is 18.9. The molecule has 11 heteroatoms. The first-order valence-electron chi connectivity index (χ1n) is 11.8. The molecule has 3 aromatic heterocycles. The van der Waals surface area contributed by atoms with Crippen LogP contribution in [0.1, 0.15) is 39.4 Å². The molecular weight excluding hydrogens is 521 g/mol. The Balaban J connectivity index is 1.46. The van der Waals surface area contributed by atoms with Crippen LogP contribution in [0.2, 0.25) is 5.02 Å². The minimum atomic E-state index is -0.615. The van der Waals surface area contributed by atoms with E-state index in [9.17, 15) is 14.0 Å². The van der Waals surface area contributed by atoms with Crippen LogP contribution in [-0.2, 0) is 0 Å². The van der Waals surface area contributed by atoms with Crippen LogP contribution < -0.4 is 10.6 Å². The molecule has 0 radical (unpaired) electrons. The second-order valence-corrected chi connectivity index (χ2v) is 8.92. The third kappa shape index (κ3) is 5.65. The Morgan fingerprint density at radius 1 is 0.974 bits per heavy atom. The molecule has 194 valence electrons. The van der Waals surface area contributed by atoms with Gasteiger partial charge in [-0.25, -0.2) is 19.0 Å². The minimum Gasteiger partial charge on any atom is -0.344 e. The van der Waals surface area contributed by atoms with E-state index in [1.807, 2.05) is 6.07 Å². The molecule has 39 heavy (non-hydrogen) atoms. The lowest BCUT2D eigenvalue weighted by molar-refractivity contribution is 0.0933. The molecule has 1 atom stereocenters. The van der Waals surface area contributed by atoms with Gasteiger partial charge in [-0.15, -0.1) is 0 Å². The first kappa shape index (κ1) is 25.7. The fraction of sp³-hybridized carbons (Fsp3) is 0.0714. The molecule has 3 heterocycles. The van der Waals surface area contributed by atoms with E-state index in [1.165, 1.54) is 29.3 Å². The van der Waals surface area contributed by atoms with Gasteiger partial charge in [-0.1, -0.05) is 35.9 Å². The lowest BCUT2D eigenvalue weighted by Crippen LogP contribution is -2.27. The van der Waals surface area contributed by atoms with Gasteiger partial charge >= 0.3 is 0 Å². The van der Waals surface area contributed by atoms with Gasteiger partial charge in [0.2, 0.25) is 0 Å². The highest BCUT2D eigenvalue weighted by atomic mass is 35.5. The quantitative estimate of drug-likeness (QED) is 0.290. The predicted molar refractivity (Wildman–Crippen MR) is 144 cm³/mol. The third-order valence-electron chi connectivity index (χ3n) is 5.85. The highest BCUT2D eigenvalue weighted by Gasteiger charge is 2.22. The second kappa shape index (κ2) is 11.2. The van der Waals surface area contributed by atoms with Gasteiger partial charge in [0.1, 0.15) is 18.0 Å². The van der Waals surface area contributed by atoms with Crippen LogP contribution in [0.15, 0.2) is 91.6 Å². The van der Waals surface area contributed by atoms with Crippen molar-refractivity contribution in [2.45, 2.75) is 13.0 Å². The summed E-state index contributed by atoms with van der Waals surface area (Å²) in [7, 11) is 0. The largest absolute Gasteiger partial charge is 0.344 e. The Kier molecular flexibility index (Phi) is 7.37. The molecular formula is C28H21ClFN7O2. The minimum absolute atomic E-state index is 0.0308. The number of nitrogens with zero attached hydrogens (tertiary/aromatic N) is 5. The number of rotatable bonds is 7. The van der Waals surface area contributed by atoms with E-state index in [0.717, 1.165) is 11.6 Å². The van der Waals surface area contributed by atoms with Gasteiger partial charge in [-0.05, 0) is 43.3 Å².